The van der Waals surface area contributed by atoms with E-state index in [1.54, 1.807) is 6.92 Å². The number of hydrogen-bond donors (Lipinski definition) is 0. The Morgan fingerprint density at radius 1 is 1.00 bits per heavy atom. The lowest BCUT2D eigenvalue weighted by atomic mass is 10.1. The van der Waals surface area contributed by atoms with Gasteiger partial charge in [0, 0.05) is 18.7 Å². The van der Waals surface area contributed by atoms with E-state index >= 15 is 0 Å². The summed E-state index contributed by atoms with van der Waals surface area (Å²) in [4.78, 5) is 13.9. The number of aryl methyl sites for hydroxylation is 2. The minimum Gasteiger partial charge on any atom is -0.437 e. The molecule has 0 fully saturated rings. The van der Waals surface area contributed by atoms with Crippen molar-refractivity contribution in [1.82, 2.24) is 0 Å². The third-order valence-electron chi connectivity index (χ3n) is 4.29. The molecule has 4 nitrogen and oxygen atoms in total. The molecule has 28 heavy (non-hydrogen) atoms. The van der Waals surface area contributed by atoms with Crippen LogP contribution in [0.2, 0.25) is 51.9 Å². The van der Waals surface area contributed by atoms with E-state index in [2.05, 4.69) is 71.0 Å². The van der Waals surface area contributed by atoms with Crippen molar-refractivity contribution < 1.29 is 13.0 Å². The van der Waals surface area contributed by atoms with Crippen LogP contribution in [-0.2, 0) is 19.4 Å². The van der Waals surface area contributed by atoms with Crippen LogP contribution in [0.3, 0.4) is 0 Å². The summed E-state index contributed by atoms with van der Waals surface area (Å²) in [6.45, 7) is 23.5. The highest BCUT2D eigenvalue weighted by Crippen LogP contribution is 2.28. The van der Waals surface area contributed by atoms with Gasteiger partial charge >= 0.3 is 8.56 Å². The van der Waals surface area contributed by atoms with Crippen molar-refractivity contribution in [2.75, 3.05) is 4.90 Å². The molecule has 0 spiro atoms. The Hall–Kier alpha value is -0.739. The van der Waals surface area contributed by atoms with E-state index in [0.29, 0.717) is 0 Å². The Labute approximate surface area is 176 Å². The Kier molecular flexibility index (Phi) is 8.48. The van der Waals surface area contributed by atoms with E-state index in [9.17, 15) is 4.79 Å². The van der Waals surface area contributed by atoms with Crippen LogP contribution in [0.4, 0.5) is 5.69 Å². The normalized spacial score (nSPS) is 13.1. The van der Waals surface area contributed by atoms with Crippen LogP contribution < -0.4 is 4.90 Å². The first kappa shape index (κ1) is 25.3. The van der Waals surface area contributed by atoms with Crippen molar-refractivity contribution in [1.29, 1.82) is 0 Å². The van der Waals surface area contributed by atoms with Crippen molar-refractivity contribution in [3.05, 3.63) is 29.3 Å². The second-order valence-electron chi connectivity index (χ2n) is 10.2. The fourth-order valence-corrected chi connectivity index (χ4v) is 16.2. The van der Waals surface area contributed by atoms with Gasteiger partial charge in [0.15, 0.2) is 16.6 Å². The molecule has 0 aliphatic rings. The highest BCUT2D eigenvalue weighted by Gasteiger charge is 2.39. The topological polar surface area (TPSA) is 38.8 Å². The third kappa shape index (κ3) is 8.32. The Morgan fingerprint density at radius 2 is 1.50 bits per heavy atom. The second kappa shape index (κ2) is 9.38. The largest absolute Gasteiger partial charge is 0.437 e. The lowest BCUT2D eigenvalue weighted by Crippen LogP contribution is -2.52. The Bertz CT molecular complexity index is 662. The number of rotatable bonds is 9. The van der Waals surface area contributed by atoms with Crippen molar-refractivity contribution in [2.24, 2.45) is 0 Å². The van der Waals surface area contributed by atoms with Gasteiger partial charge < -0.3 is 13.1 Å². The molecule has 0 bridgehead atoms. The van der Waals surface area contributed by atoms with Gasteiger partial charge in [-0.25, -0.2) is 0 Å². The monoisotopic (exact) mass is 439 g/mol. The fraction of sp³-hybridized carbons (Fsp3) is 0.667. The minimum absolute atomic E-state index is 0.0814. The summed E-state index contributed by atoms with van der Waals surface area (Å²) >= 11 is 0. The zero-order valence-corrected chi connectivity index (χ0v) is 22.9. The molecule has 0 aliphatic heterocycles. The molecule has 0 aliphatic carbocycles. The maximum Gasteiger partial charge on any atom is 0.314 e. The van der Waals surface area contributed by atoms with Crippen molar-refractivity contribution in [3.63, 3.8) is 0 Å². The van der Waals surface area contributed by atoms with Gasteiger partial charge in [-0.05, 0) is 96.3 Å². The summed E-state index contributed by atoms with van der Waals surface area (Å²) in [6, 6.07) is 7.56. The molecular weight excluding hydrogens is 398 g/mol. The van der Waals surface area contributed by atoms with Crippen LogP contribution in [0.1, 0.15) is 31.9 Å². The van der Waals surface area contributed by atoms with E-state index in [1.165, 1.54) is 5.56 Å². The highest BCUT2D eigenvalue weighted by atomic mass is 28.5. The fourth-order valence-electron chi connectivity index (χ4n) is 3.74. The molecule has 160 valence electrons. The number of carbonyl (C=O) groups excluding carboxylic acids is 1. The number of amides is 1. The zero-order chi connectivity index (χ0) is 21.9. The minimum atomic E-state index is -2.23. The van der Waals surface area contributed by atoms with Gasteiger partial charge in [-0.2, -0.15) is 0 Å². The Balaban J connectivity index is 3.03. The molecule has 0 radical (unpaired) electrons. The average molecular weight is 440 g/mol. The molecule has 0 saturated carbocycles. The maximum absolute atomic E-state index is 12.1. The van der Waals surface area contributed by atoms with Crippen LogP contribution in [0.5, 0.6) is 0 Å². The molecule has 1 aromatic carbocycles. The predicted octanol–water partition coefficient (Wildman–Crippen LogP) is 6.07. The maximum atomic E-state index is 12.1. The first-order valence-corrected chi connectivity index (χ1v) is 19.7. The van der Waals surface area contributed by atoms with Crippen molar-refractivity contribution >= 4 is 36.8 Å². The van der Waals surface area contributed by atoms with E-state index in [-0.39, 0.29) is 11.9 Å². The van der Waals surface area contributed by atoms with Crippen molar-refractivity contribution in [3.8, 4) is 0 Å². The van der Waals surface area contributed by atoms with Gasteiger partial charge in [0.1, 0.15) is 0 Å². The summed E-state index contributed by atoms with van der Waals surface area (Å²) in [5.74, 6) is 0.0814. The van der Waals surface area contributed by atoms with Gasteiger partial charge in [-0.1, -0.05) is 12.1 Å². The molecule has 7 heteroatoms. The second-order valence-corrected chi connectivity index (χ2v) is 23.0. The lowest BCUT2D eigenvalue weighted by molar-refractivity contribution is -0.116. The first-order chi connectivity index (χ1) is 12.5. The molecule has 1 rings (SSSR count). The van der Waals surface area contributed by atoms with Crippen LogP contribution in [-0.4, -0.2) is 37.1 Å². The zero-order valence-electron chi connectivity index (χ0n) is 19.9. The molecule has 1 aromatic rings. The standard InChI is InChI=1S/C21H41NO3Si3/c1-17(2)22(19(4)23)21-13-12-20(16-18(21)3)14-15-28(11,24-26(5,6)7)25-27(8,9)10/h12-13,16-17H,14-15H2,1-11H3. The quantitative estimate of drug-likeness (QED) is 0.438. The third-order valence-corrected chi connectivity index (χ3v) is 13.8. The van der Waals surface area contributed by atoms with Gasteiger partial charge in [0.05, 0.1) is 0 Å². The molecule has 0 unspecified atom stereocenters. The van der Waals surface area contributed by atoms with Crippen molar-refractivity contribution in [2.45, 2.75) is 92.0 Å². The van der Waals surface area contributed by atoms with Crippen LogP contribution >= 0.6 is 0 Å². The van der Waals surface area contributed by atoms with Crippen LogP contribution in [0.15, 0.2) is 18.2 Å². The lowest BCUT2D eigenvalue weighted by Gasteiger charge is -2.38. The molecule has 0 saturated heterocycles. The van der Waals surface area contributed by atoms with Gasteiger partial charge in [-0.3, -0.25) is 4.79 Å². The van der Waals surface area contributed by atoms with Crippen LogP contribution in [0, 0.1) is 6.92 Å². The van der Waals surface area contributed by atoms with Gasteiger partial charge in [-0.15, -0.1) is 0 Å². The predicted molar refractivity (Wildman–Crippen MR) is 128 cm³/mol. The molecule has 0 N–H and O–H groups in total. The number of carbonyl (C=O) groups is 1. The summed E-state index contributed by atoms with van der Waals surface area (Å²) < 4.78 is 13.2. The first-order valence-electron chi connectivity index (χ1n) is 10.3. The number of nitrogens with zero attached hydrogens (tertiary/aromatic N) is 1. The Morgan fingerprint density at radius 3 is 1.86 bits per heavy atom. The van der Waals surface area contributed by atoms with Gasteiger partial charge in [0.2, 0.25) is 5.91 Å². The highest BCUT2D eigenvalue weighted by molar-refractivity contribution is 6.87. The molecular formula is C21H41NO3Si3. The van der Waals surface area contributed by atoms with E-state index < -0.39 is 25.2 Å². The SMILES string of the molecule is CC(=O)N(c1ccc(CC[Si](C)(O[Si](C)(C)C)O[Si](C)(C)C)cc1C)C(C)C. The summed E-state index contributed by atoms with van der Waals surface area (Å²) in [5, 5.41) is 0. The number of benzene rings is 1. The van der Waals surface area contributed by atoms with Gasteiger partial charge in [0.25, 0.3) is 0 Å². The molecule has 0 aromatic heterocycles. The number of hydrogen-bond acceptors (Lipinski definition) is 3. The average Bonchev–Trinajstić information content (AvgIpc) is 2.42. The summed E-state index contributed by atoms with van der Waals surface area (Å²) in [5.41, 5.74) is 3.43. The smallest absolute Gasteiger partial charge is 0.314 e. The number of anilines is 1. The summed E-state index contributed by atoms with van der Waals surface area (Å²) in [7, 11) is -5.58. The van der Waals surface area contributed by atoms with Crippen LogP contribution in [0.25, 0.3) is 0 Å². The van der Waals surface area contributed by atoms with E-state index in [1.807, 2.05) is 18.7 Å². The van der Waals surface area contributed by atoms with E-state index in [0.717, 1.165) is 23.7 Å². The molecule has 1 amide bonds. The summed E-state index contributed by atoms with van der Waals surface area (Å²) in [6.07, 6.45) is 0.945. The van der Waals surface area contributed by atoms with E-state index in [4.69, 9.17) is 8.23 Å². The molecule has 0 heterocycles. The molecule has 0 atom stereocenters.